The van der Waals surface area contributed by atoms with Crippen LogP contribution in [0.5, 0.6) is 0 Å². The molecular formula is C14H10BrN3O2. The minimum atomic E-state index is -0.423. The van der Waals surface area contributed by atoms with Crippen molar-refractivity contribution in [2.24, 2.45) is 0 Å². The third-order valence-electron chi connectivity index (χ3n) is 2.81. The summed E-state index contributed by atoms with van der Waals surface area (Å²) >= 11 is 3.28. The topological polar surface area (TPSA) is 81.2 Å². The molecule has 0 aliphatic rings. The van der Waals surface area contributed by atoms with Crippen LogP contribution in [0, 0.1) is 0 Å². The second-order valence-corrected chi connectivity index (χ2v) is 5.07. The van der Waals surface area contributed by atoms with Crippen molar-refractivity contribution in [3.63, 3.8) is 0 Å². The quantitative estimate of drug-likeness (QED) is 0.753. The Morgan fingerprint density at radius 3 is 2.75 bits per heavy atom. The number of hydrogen-bond acceptors (Lipinski definition) is 4. The summed E-state index contributed by atoms with van der Waals surface area (Å²) in [4.78, 5) is 16.2. The standard InChI is InChI=1S/C14H10BrN3O2/c15-8-5-6-11(17-7-8)18-14(19)13-12(16)9-3-1-2-4-10(9)20-13/h1-7H,16H2,(H,17,18,19). The van der Waals surface area contributed by atoms with Crippen LogP contribution in [-0.4, -0.2) is 10.9 Å². The van der Waals surface area contributed by atoms with E-state index in [2.05, 4.69) is 26.2 Å². The Morgan fingerprint density at radius 2 is 2.05 bits per heavy atom. The zero-order valence-electron chi connectivity index (χ0n) is 10.3. The van der Waals surface area contributed by atoms with E-state index < -0.39 is 5.91 Å². The number of aromatic nitrogens is 1. The third-order valence-corrected chi connectivity index (χ3v) is 3.28. The van der Waals surface area contributed by atoms with Gasteiger partial charge in [-0.05, 0) is 40.2 Å². The minimum absolute atomic E-state index is 0.0934. The molecule has 1 aromatic carbocycles. The van der Waals surface area contributed by atoms with Crippen molar-refractivity contribution in [2.75, 3.05) is 11.1 Å². The first-order valence-corrected chi connectivity index (χ1v) is 6.64. The summed E-state index contributed by atoms with van der Waals surface area (Å²) in [6.07, 6.45) is 1.59. The number of carbonyl (C=O) groups excluding carboxylic acids is 1. The van der Waals surface area contributed by atoms with Gasteiger partial charge in [0.2, 0.25) is 5.76 Å². The number of furan rings is 1. The van der Waals surface area contributed by atoms with Crippen LogP contribution in [0.15, 0.2) is 51.5 Å². The number of nitrogens with two attached hydrogens (primary N) is 1. The Labute approximate surface area is 122 Å². The van der Waals surface area contributed by atoms with E-state index in [1.165, 1.54) is 0 Å². The number of nitrogens with zero attached hydrogens (tertiary/aromatic N) is 1. The molecule has 0 saturated carbocycles. The average molecular weight is 332 g/mol. The van der Waals surface area contributed by atoms with Gasteiger partial charge in [-0.3, -0.25) is 4.79 Å². The van der Waals surface area contributed by atoms with Gasteiger partial charge in [-0.25, -0.2) is 4.98 Å². The van der Waals surface area contributed by atoms with E-state index in [1.807, 2.05) is 18.2 Å². The van der Waals surface area contributed by atoms with E-state index >= 15 is 0 Å². The Balaban J connectivity index is 1.92. The van der Waals surface area contributed by atoms with Crippen molar-refractivity contribution >= 4 is 44.3 Å². The zero-order chi connectivity index (χ0) is 14.1. The molecule has 5 nitrogen and oxygen atoms in total. The highest BCUT2D eigenvalue weighted by Gasteiger charge is 2.18. The lowest BCUT2D eigenvalue weighted by Gasteiger charge is -2.02. The molecule has 0 bridgehead atoms. The van der Waals surface area contributed by atoms with E-state index in [-0.39, 0.29) is 5.76 Å². The maximum Gasteiger partial charge on any atom is 0.294 e. The Bertz CT molecular complexity index is 781. The van der Waals surface area contributed by atoms with Crippen LogP contribution in [0.1, 0.15) is 10.6 Å². The normalized spacial score (nSPS) is 10.7. The fourth-order valence-corrected chi connectivity index (χ4v) is 2.09. The van der Waals surface area contributed by atoms with E-state index in [1.54, 1.807) is 24.4 Å². The molecule has 0 aliphatic heterocycles. The molecule has 20 heavy (non-hydrogen) atoms. The molecule has 0 saturated heterocycles. The Morgan fingerprint density at radius 1 is 1.25 bits per heavy atom. The summed E-state index contributed by atoms with van der Waals surface area (Å²) in [6.45, 7) is 0. The van der Waals surface area contributed by atoms with Crippen LogP contribution >= 0.6 is 15.9 Å². The van der Waals surface area contributed by atoms with Gasteiger partial charge >= 0.3 is 0 Å². The molecule has 0 atom stereocenters. The lowest BCUT2D eigenvalue weighted by molar-refractivity contribution is 0.0999. The smallest absolute Gasteiger partial charge is 0.294 e. The van der Waals surface area contributed by atoms with E-state index in [0.29, 0.717) is 17.1 Å². The first kappa shape index (κ1) is 12.7. The van der Waals surface area contributed by atoms with Gasteiger partial charge in [0.1, 0.15) is 11.4 Å². The number of para-hydroxylation sites is 1. The number of benzene rings is 1. The van der Waals surface area contributed by atoms with Crippen LogP contribution in [-0.2, 0) is 0 Å². The van der Waals surface area contributed by atoms with Gasteiger partial charge < -0.3 is 15.5 Å². The van der Waals surface area contributed by atoms with Crippen molar-refractivity contribution in [2.45, 2.75) is 0 Å². The maximum atomic E-state index is 12.2. The largest absolute Gasteiger partial charge is 0.449 e. The molecule has 3 rings (SSSR count). The average Bonchev–Trinajstić information content (AvgIpc) is 2.79. The number of pyridine rings is 1. The molecule has 100 valence electrons. The predicted molar refractivity (Wildman–Crippen MR) is 80.5 cm³/mol. The molecule has 1 amide bonds. The lowest BCUT2D eigenvalue weighted by Crippen LogP contribution is -2.13. The molecule has 0 aliphatic carbocycles. The Kier molecular flexibility index (Phi) is 3.15. The van der Waals surface area contributed by atoms with E-state index in [0.717, 1.165) is 9.86 Å². The molecule has 3 aromatic rings. The highest BCUT2D eigenvalue weighted by molar-refractivity contribution is 9.10. The number of anilines is 2. The van der Waals surface area contributed by atoms with Crippen molar-refractivity contribution in [1.29, 1.82) is 0 Å². The molecule has 2 heterocycles. The van der Waals surface area contributed by atoms with Crippen molar-refractivity contribution < 1.29 is 9.21 Å². The fraction of sp³-hybridized carbons (Fsp3) is 0. The second-order valence-electron chi connectivity index (χ2n) is 4.16. The van der Waals surface area contributed by atoms with Crippen molar-refractivity contribution in [3.05, 3.63) is 52.8 Å². The molecule has 0 unspecified atom stereocenters. The van der Waals surface area contributed by atoms with Crippen LogP contribution in [0.3, 0.4) is 0 Å². The van der Waals surface area contributed by atoms with Gasteiger partial charge in [0.05, 0.1) is 5.69 Å². The monoisotopic (exact) mass is 331 g/mol. The first-order chi connectivity index (χ1) is 9.65. The number of carbonyl (C=O) groups is 1. The number of rotatable bonds is 2. The first-order valence-electron chi connectivity index (χ1n) is 5.85. The van der Waals surface area contributed by atoms with Crippen LogP contribution in [0.4, 0.5) is 11.5 Å². The van der Waals surface area contributed by atoms with Gasteiger partial charge in [-0.15, -0.1) is 0 Å². The van der Waals surface area contributed by atoms with Crippen LogP contribution < -0.4 is 11.1 Å². The lowest BCUT2D eigenvalue weighted by atomic mass is 10.2. The number of fused-ring (bicyclic) bond motifs is 1. The Hall–Kier alpha value is -2.34. The van der Waals surface area contributed by atoms with E-state index in [9.17, 15) is 4.79 Å². The fourth-order valence-electron chi connectivity index (χ4n) is 1.86. The molecule has 6 heteroatoms. The van der Waals surface area contributed by atoms with Gasteiger partial charge in [0.25, 0.3) is 5.91 Å². The molecule has 3 N–H and O–H groups in total. The van der Waals surface area contributed by atoms with Crippen molar-refractivity contribution in [3.8, 4) is 0 Å². The number of nitrogen functional groups attached to an aromatic ring is 1. The number of nitrogens with one attached hydrogen (secondary N) is 1. The SMILES string of the molecule is Nc1c(C(=O)Nc2ccc(Br)cn2)oc2ccccc12. The predicted octanol–water partition coefficient (Wildman–Crippen LogP) is 3.42. The van der Waals surface area contributed by atoms with Crippen LogP contribution in [0.2, 0.25) is 0 Å². The summed E-state index contributed by atoms with van der Waals surface area (Å²) in [7, 11) is 0. The second kappa shape index (κ2) is 4.97. The number of halogens is 1. The summed E-state index contributed by atoms with van der Waals surface area (Å²) in [6, 6.07) is 10.7. The summed E-state index contributed by atoms with van der Waals surface area (Å²) in [5.41, 5.74) is 6.85. The van der Waals surface area contributed by atoms with Gasteiger partial charge in [0, 0.05) is 16.1 Å². The van der Waals surface area contributed by atoms with Crippen LogP contribution in [0.25, 0.3) is 11.0 Å². The summed E-state index contributed by atoms with van der Waals surface area (Å²) in [5.74, 6) is 0.0995. The molecular weight excluding hydrogens is 322 g/mol. The van der Waals surface area contributed by atoms with Gasteiger partial charge in [-0.1, -0.05) is 12.1 Å². The van der Waals surface area contributed by atoms with Gasteiger partial charge in [-0.2, -0.15) is 0 Å². The highest BCUT2D eigenvalue weighted by atomic mass is 79.9. The van der Waals surface area contributed by atoms with E-state index in [4.69, 9.17) is 10.2 Å². The maximum absolute atomic E-state index is 12.2. The summed E-state index contributed by atoms with van der Waals surface area (Å²) < 4.78 is 6.31. The van der Waals surface area contributed by atoms with Crippen molar-refractivity contribution in [1.82, 2.24) is 4.98 Å². The zero-order valence-corrected chi connectivity index (χ0v) is 11.8. The summed E-state index contributed by atoms with van der Waals surface area (Å²) in [5, 5.41) is 3.37. The number of hydrogen-bond donors (Lipinski definition) is 2. The molecule has 0 radical (unpaired) electrons. The van der Waals surface area contributed by atoms with Gasteiger partial charge in [0.15, 0.2) is 0 Å². The molecule has 0 spiro atoms. The third kappa shape index (κ3) is 2.25. The highest BCUT2D eigenvalue weighted by Crippen LogP contribution is 2.28. The molecule has 2 aromatic heterocycles. The molecule has 0 fully saturated rings. The number of amides is 1. The minimum Gasteiger partial charge on any atom is -0.449 e.